The summed E-state index contributed by atoms with van der Waals surface area (Å²) in [5, 5.41) is 0.937. The van der Waals surface area contributed by atoms with E-state index in [2.05, 4.69) is 94.8 Å². The molecule has 1 aliphatic rings. The van der Waals surface area contributed by atoms with Gasteiger partial charge in [-0.1, -0.05) is 42.5 Å². The number of anilines is 2. The van der Waals surface area contributed by atoms with Crippen molar-refractivity contribution in [3.63, 3.8) is 0 Å². The van der Waals surface area contributed by atoms with Gasteiger partial charge < -0.3 is 23.3 Å². The number of ether oxygens (including phenoxy) is 1. The summed E-state index contributed by atoms with van der Waals surface area (Å²) in [6.45, 7) is 10.3. The van der Waals surface area contributed by atoms with Crippen molar-refractivity contribution in [3.8, 4) is 0 Å². The van der Waals surface area contributed by atoms with Gasteiger partial charge in [0.05, 0.1) is 18.0 Å². The molecule has 0 spiro atoms. The summed E-state index contributed by atoms with van der Waals surface area (Å²) in [4.78, 5) is 18.4. The highest BCUT2D eigenvalue weighted by Gasteiger charge is 2.26. The molecular weight excluding hydrogens is 506 g/mol. The minimum absolute atomic E-state index is 0.282. The number of carbonyl (C=O) groups is 1. The van der Waals surface area contributed by atoms with Crippen molar-refractivity contribution in [2.45, 2.75) is 38.1 Å². The molecule has 1 atom stereocenters. The van der Waals surface area contributed by atoms with Crippen LogP contribution >= 0.6 is 11.9 Å². The first-order chi connectivity index (χ1) is 18.9. The third-order valence-corrected chi connectivity index (χ3v) is 8.39. The maximum atomic E-state index is 12.4. The number of fused-ring (bicyclic) bond motifs is 1. The van der Waals surface area contributed by atoms with Gasteiger partial charge in [-0.25, -0.2) is 4.79 Å². The van der Waals surface area contributed by atoms with Crippen LogP contribution in [0.3, 0.4) is 0 Å². The quantitative estimate of drug-likeness (QED) is 0.170. The molecule has 204 valence electrons. The molecular formula is C32H37N3O3S. The van der Waals surface area contributed by atoms with Crippen molar-refractivity contribution in [1.29, 1.82) is 0 Å². The lowest BCUT2D eigenvalue weighted by atomic mass is 10.1. The van der Waals surface area contributed by atoms with Gasteiger partial charge in [-0.3, -0.25) is 0 Å². The van der Waals surface area contributed by atoms with Gasteiger partial charge in [-0.2, -0.15) is 0 Å². The van der Waals surface area contributed by atoms with Gasteiger partial charge in [-0.05, 0) is 82.1 Å². The minimum Gasteiger partial charge on any atom is -0.460 e. The molecule has 1 saturated heterocycles. The standard InChI is InChI=1S/C32H37N3O3S/c1-5-37-32(36)31-24(3)27-21-26(15-16-30(27)38-31)39-35(18-17-25-11-7-6-8-12-25)29-14-10-9-13-28(29)34-20-19-33(4)22-23(34)2/h6-16,21,23H,5,17-20,22H2,1-4H3/t23-/m0/s1. The van der Waals surface area contributed by atoms with E-state index in [0.29, 0.717) is 18.2 Å². The van der Waals surface area contributed by atoms with Gasteiger partial charge in [-0.15, -0.1) is 0 Å². The van der Waals surface area contributed by atoms with E-state index in [1.165, 1.54) is 16.9 Å². The Balaban J connectivity index is 1.48. The molecule has 7 heteroatoms. The summed E-state index contributed by atoms with van der Waals surface area (Å²) in [6.07, 6.45) is 0.931. The molecule has 0 unspecified atom stereocenters. The normalized spacial score (nSPS) is 16.0. The second-order valence-corrected chi connectivity index (χ2v) is 11.3. The lowest BCUT2D eigenvalue weighted by molar-refractivity contribution is 0.0491. The van der Waals surface area contributed by atoms with E-state index in [1.807, 2.05) is 13.0 Å². The van der Waals surface area contributed by atoms with Crippen molar-refractivity contribution >= 4 is 40.3 Å². The molecule has 1 fully saturated rings. The van der Waals surface area contributed by atoms with E-state index < -0.39 is 5.97 Å². The number of furan rings is 1. The number of benzene rings is 3. The monoisotopic (exact) mass is 543 g/mol. The molecule has 3 aromatic carbocycles. The second-order valence-electron chi connectivity index (χ2n) is 10.2. The van der Waals surface area contributed by atoms with Crippen LogP contribution in [0.4, 0.5) is 11.4 Å². The molecule has 5 rings (SSSR count). The van der Waals surface area contributed by atoms with Crippen molar-refractivity contribution < 1.29 is 13.9 Å². The van der Waals surface area contributed by atoms with Crippen LogP contribution in [-0.4, -0.2) is 56.7 Å². The average Bonchev–Trinajstić information content (AvgIpc) is 3.27. The Morgan fingerprint density at radius 1 is 1.08 bits per heavy atom. The smallest absolute Gasteiger partial charge is 0.374 e. The average molecular weight is 544 g/mol. The number of likely N-dealkylation sites (N-methyl/N-ethyl adjacent to an activating group) is 1. The highest BCUT2D eigenvalue weighted by Crippen LogP contribution is 2.39. The molecule has 1 aliphatic heterocycles. The molecule has 0 amide bonds. The zero-order valence-corrected chi connectivity index (χ0v) is 24.0. The zero-order valence-electron chi connectivity index (χ0n) is 23.2. The predicted octanol–water partition coefficient (Wildman–Crippen LogP) is 6.81. The maximum Gasteiger partial charge on any atom is 0.374 e. The predicted molar refractivity (Wildman–Crippen MR) is 161 cm³/mol. The van der Waals surface area contributed by atoms with Gasteiger partial charge in [0.15, 0.2) is 0 Å². The van der Waals surface area contributed by atoms with Crippen LogP contribution in [0, 0.1) is 6.92 Å². The molecule has 0 radical (unpaired) electrons. The fourth-order valence-corrected chi connectivity index (χ4v) is 6.27. The molecule has 4 aromatic rings. The third-order valence-electron chi connectivity index (χ3n) is 7.32. The minimum atomic E-state index is -0.417. The van der Waals surface area contributed by atoms with Crippen LogP contribution < -0.4 is 9.21 Å². The van der Waals surface area contributed by atoms with Crippen molar-refractivity contribution in [2.75, 3.05) is 49.0 Å². The summed E-state index contributed by atoms with van der Waals surface area (Å²) in [7, 11) is 2.20. The number of hydrogen-bond acceptors (Lipinski definition) is 7. The van der Waals surface area contributed by atoms with Crippen LogP contribution in [0.25, 0.3) is 11.0 Å². The van der Waals surface area contributed by atoms with Crippen LogP contribution in [0.5, 0.6) is 0 Å². The Hall–Kier alpha value is -3.42. The summed E-state index contributed by atoms with van der Waals surface area (Å²) in [5.74, 6) is -0.135. The van der Waals surface area contributed by atoms with Crippen molar-refractivity contribution in [1.82, 2.24) is 4.90 Å². The number of nitrogens with zero attached hydrogens (tertiary/aromatic N) is 3. The number of aryl methyl sites for hydroxylation is 1. The number of esters is 1. The summed E-state index contributed by atoms with van der Waals surface area (Å²) in [5.41, 5.74) is 5.31. The molecule has 6 nitrogen and oxygen atoms in total. The number of para-hydroxylation sites is 2. The molecule has 2 heterocycles. The van der Waals surface area contributed by atoms with Gasteiger partial charge in [0.25, 0.3) is 0 Å². The maximum absolute atomic E-state index is 12.4. The molecule has 0 N–H and O–H groups in total. The van der Waals surface area contributed by atoms with Crippen LogP contribution in [0.15, 0.2) is 82.1 Å². The molecule has 0 aliphatic carbocycles. The topological polar surface area (TPSA) is 49.2 Å². The van der Waals surface area contributed by atoms with E-state index in [9.17, 15) is 4.79 Å². The Labute approximate surface area is 235 Å². The number of hydrogen-bond donors (Lipinski definition) is 0. The first-order valence-corrected chi connectivity index (χ1v) is 14.5. The van der Waals surface area contributed by atoms with Gasteiger partial charge in [0.2, 0.25) is 5.76 Å². The van der Waals surface area contributed by atoms with E-state index in [1.54, 1.807) is 18.9 Å². The van der Waals surface area contributed by atoms with Crippen LogP contribution in [0.2, 0.25) is 0 Å². The highest BCUT2D eigenvalue weighted by atomic mass is 32.2. The van der Waals surface area contributed by atoms with E-state index in [-0.39, 0.29) is 5.76 Å². The summed E-state index contributed by atoms with van der Waals surface area (Å²) >= 11 is 1.73. The Morgan fingerprint density at radius 3 is 2.62 bits per heavy atom. The highest BCUT2D eigenvalue weighted by molar-refractivity contribution is 8.00. The Morgan fingerprint density at radius 2 is 1.85 bits per heavy atom. The Bertz CT molecular complexity index is 1420. The lowest BCUT2D eigenvalue weighted by Gasteiger charge is -2.41. The van der Waals surface area contributed by atoms with Crippen molar-refractivity contribution in [2.24, 2.45) is 0 Å². The van der Waals surface area contributed by atoms with E-state index in [0.717, 1.165) is 48.4 Å². The van der Waals surface area contributed by atoms with Gasteiger partial charge in [0.1, 0.15) is 5.58 Å². The molecule has 39 heavy (non-hydrogen) atoms. The van der Waals surface area contributed by atoms with E-state index in [4.69, 9.17) is 9.15 Å². The second kappa shape index (κ2) is 12.2. The summed E-state index contributed by atoms with van der Waals surface area (Å²) < 4.78 is 13.5. The van der Waals surface area contributed by atoms with Crippen LogP contribution in [0.1, 0.15) is 35.5 Å². The number of carbonyl (C=O) groups excluding carboxylic acids is 1. The van der Waals surface area contributed by atoms with E-state index >= 15 is 0 Å². The lowest BCUT2D eigenvalue weighted by Crippen LogP contribution is -2.50. The Kier molecular flexibility index (Phi) is 8.48. The largest absolute Gasteiger partial charge is 0.460 e. The van der Waals surface area contributed by atoms with Gasteiger partial charge >= 0.3 is 5.97 Å². The fraction of sp³-hybridized carbons (Fsp3) is 0.344. The summed E-state index contributed by atoms with van der Waals surface area (Å²) in [6, 6.07) is 26.0. The van der Waals surface area contributed by atoms with Crippen molar-refractivity contribution in [3.05, 3.63) is 89.7 Å². The SMILES string of the molecule is CCOC(=O)c1oc2ccc(SN(CCc3ccccc3)c3ccccc3N3CCN(C)C[C@@H]3C)cc2c1C. The first-order valence-electron chi connectivity index (χ1n) is 13.7. The molecule has 0 bridgehead atoms. The third kappa shape index (κ3) is 6.10. The van der Waals surface area contributed by atoms with Crippen LogP contribution in [-0.2, 0) is 11.2 Å². The first kappa shape index (κ1) is 27.2. The number of rotatable bonds is 9. The zero-order chi connectivity index (χ0) is 27.4. The fourth-order valence-electron chi connectivity index (χ4n) is 5.28. The van der Waals surface area contributed by atoms with Gasteiger partial charge in [0, 0.05) is 48.1 Å². The number of piperazine rings is 1. The molecule has 0 saturated carbocycles. The molecule has 1 aromatic heterocycles.